The lowest BCUT2D eigenvalue weighted by Gasteiger charge is -2.55. The molecule has 3 N–H and O–H groups in total. The molecule has 51 heavy (non-hydrogen) atoms. The van der Waals surface area contributed by atoms with Gasteiger partial charge in [0.2, 0.25) is 5.91 Å². The highest BCUT2D eigenvalue weighted by atomic mass is 32.3. The summed E-state index contributed by atoms with van der Waals surface area (Å²) in [5.41, 5.74) is 6.26. The van der Waals surface area contributed by atoms with Gasteiger partial charge in [0.15, 0.2) is 0 Å². The SMILES string of the molecule is C=C(/C=C\C=C\CC)C1(N(CC)C(=O)C(CS2(=O)(C(CCC)CCC)COC2)NC(=O)c2ccncc2)CC1.CCN.Cc1cc(F)cc(F)c1. The van der Waals surface area contributed by atoms with E-state index in [9.17, 15) is 22.6 Å². The highest BCUT2D eigenvalue weighted by molar-refractivity contribution is 8.21. The van der Waals surface area contributed by atoms with Crippen LogP contribution in [0.1, 0.15) is 95.5 Å². The van der Waals surface area contributed by atoms with Crippen molar-refractivity contribution in [3.63, 3.8) is 0 Å². The normalized spacial score (nSPS) is 17.8. The number of ether oxygens (including phenoxy) is 1. The fraction of sp³-hybridized carbons (Fsp3) is 0.525. The largest absolute Gasteiger partial charge is 0.358 e. The average molecular weight is 731 g/mol. The standard InChI is InChI=1S/C31H47N3O4S.C7H6F2.C2H7N/c1-6-10-11-12-15-25(5)31(18-19-31)34(9-4)30(36)28(33-29(35)26-16-20-32-21-17-26)22-39(37,23-38-24-39)27(13-7-2)14-8-3;1-5-2-6(8)4-7(9)3-5;1-2-3/h10-12,15-17,20-21,27-28H,5-9,13-14,18-19,22-24H2,1-4H3,(H,33,35);2-4H,1H3;2-3H2,1H3/b11-10+,15-12-;;. The number of likely N-dealkylation sites (N-methyl/N-ethyl adjacent to an activating group) is 1. The van der Waals surface area contributed by atoms with E-state index in [2.05, 4.69) is 43.7 Å². The van der Waals surface area contributed by atoms with Gasteiger partial charge in [-0.15, -0.1) is 0 Å². The molecular weight excluding hydrogens is 671 g/mol. The third kappa shape index (κ3) is 12.0. The van der Waals surface area contributed by atoms with Gasteiger partial charge in [0.05, 0.1) is 5.54 Å². The van der Waals surface area contributed by atoms with Crippen LogP contribution in [0.4, 0.5) is 8.78 Å². The summed E-state index contributed by atoms with van der Waals surface area (Å²) >= 11 is 0. The summed E-state index contributed by atoms with van der Waals surface area (Å²) in [7, 11) is -3.35. The van der Waals surface area contributed by atoms with Crippen molar-refractivity contribution in [3.8, 4) is 0 Å². The molecule has 1 saturated carbocycles. The Balaban J connectivity index is 0.000000637. The number of carbonyl (C=O) groups excluding carboxylic acids is 2. The summed E-state index contributed by atoms with van der Waals surface area (Å²) in [6, 6.07) is 5.72. The van der Waals surface area contributed by atoms with Gasteiger partial charge in [-0.3, -0.25) is 18.8 Å². The van der Waals surface area contributed by atoms with Gasteiger partial charge in [0.1, 0.15) is 29.6 Å². The average Bonchev–Trinajstić information content (AvgIpc) is 3.88. The maximum Gasteiger partial charge on any atom is 0.252 e. The fourth-order valence-electron chi connectivity index (χ4n) is 6.47. The van der Waals surface area contributed by atoms with Crippen LogP contribution in [0.5, 0.6) is 0 Å². The number of nitrogens with two attached hydrogens (primary N) is 1. The Hall–Kier alpha value is -3.54. The molecule has 0 spiro atoms. The molecule has 1 saturated heterocycles. The number of carbonyl (C=O) groups is 2. The molecule has 11 heteroatoms. The van der Waals surface area contributed by atoms with Crippen LogP contribution in [0.2, 0.25) is 0 Å². The van der Waals surface area contributed by atoms with Crippen molar-refractivity contribution in [3.05, 3.63) is 102 Å². The molecule has 8 nitrogen and oxygen atoms in total. The lowest BCUT2D eigenvalue weighted by Crippen LogP contribution is -2.67. The van der Waals surface area contributed by atoms with E-state index in [0.29, 0.717) is 17.7 Å². The van der Waals surface area contributed by atoms with E-state index in [1.165, 1.54) is 12.1 Å². The monoisotopic (exact) mass is 730 g/mol. The van der Waals surface area contributed by atoms with E-state index in [1.807, 2.05) is 37.0 Å². The first kappa shape index (κ1) is 43.6. The molecule has 4 rings (SSSR count). The molecule has 1 aliphatic heterocycles. The van der Waals surface area contributed by atoms with E-state index in [1.54, 1.807) is 31.5 Å². The van der Waals surface area contributed by atoms with Crippen molar-refractivity contribution in [2.75, 3.05) is 30.7 Å². The third-order valence-corrected chi connectivity index (χ3v) is 13.9. The molecule has 0 radical (unpaired) electrons. The Bertz CT molecular complexity index is 1490. The number of nitrogens with zero attached hydrogens (tertiary/aromatic N) is 2. The second kappa shape index (κ2) is 20.5. The number of pyridine rings is 1. The lowest BCUT2D eigenvalue weighted by atomic mass is 10.0. The molecule has 284 valence electrons. The van der Waals surface area contributed by atoms with E-state index in [0.717, 1.165) is 63.1 Å². The van der Waals surface area contributed by atoms with Crippen molar-refractivity contribution in [1.82, 2.24) is 15.2 Å². The summed E-state index contributed by atoms with van der Waals surface area (Å²) in [5, 5.41) is 2.95. The number of nitrogens with one attached hydrogen (secondary N) is 1. The summed E-state index contributed by atoms with van der Waals surface area (Å²) < 4.78 is 45.0. The van der Waals surface area contributed by atoms with Crippen LogP contribution in [0.3, 0.4) is 0 Å². The second-order valence-corrected chi connectivity index (χ2v) is 17.9. The van der Waals surface area contributed by atoms with Gasteiger partial charge in [-0.05, 0) is 97.0 Å². The van der Waals surface area contributed by atoms with Crippen LogP contribution in [-0.2, 0) is 18.6 Å². The molecule has 1 aromatic carbocycles. The summed E-state index contributed by atoms with van der Waals surface area (Å²) in [6.07, 6.45) is 17.1. The van der Waals surface area contributed by atoms with Gasteiger partial charge >= 0.3 is 0 Å². The van der Waals surface area contributed by atoms with Crippen LogP contribution in [0.15, 0.2) is 79.2 Å². The van der Waals surface area contributed by atoms with Crippen molar-refractivity contribution in [2.24, 2.45) is 5.73 Å². The summed E-state index contributed by atoms with van der Waals surface area (Å²) in [6.45, 7) is 17.3. The minimum Gasteiger partial charge on any atom is -0.358 e. The van der Waals surface area contributed by atoms with Crippen LogP contribution < -0.4 is 11.1 Å². The first-order chi connectivity index (χ1) is 24.3. The Morgan fingerprint density at radius 1 is 1.04 bits per heavy atom. The van der Waals surface area contributed by atoms with Gasteiger partial charge in [0, 0.05) is 41.6 Å². The Morgan fingerprint density at radius 3 is 2.04 bits per heavy atom. The number of hydrogen-bond donors (Lipinski definition) is 2. The first-order valence-corrected chi connectivity index (χ1v) is 20.7. The van der Waals surface area contributed by atoms with Crippen molar-refractivity contribution >= 4 is 20.9 Å². The van der Waals surface area contributed by atoms with Gasteiger partial charge in [0.25, 0.3) is 5.91 Å². The molecule has 1 aliphatic carbocycles. The molecule has 2 fully saturated rings. The highest BCUT2D eigenvalue weighted by Gasteiger charge is 2.56. The topological polar surface area (TPSA) is 115 Å². The van der Waals surface area contributed by atoms with Crippen LogP contribution >= 0.6 is 0 Å². The van der Waals surface area contributed by atoms with Gasteiger partial charge < -0.3 is 20.7 Å². The number of rotatable bonds is 16. The number of aromatic nitrogens is 1. The molecule has 1 unspecified atom stereocenters. The smallest absolute Gasteiger partial charge is 0.252 e. The van der Waals surface area contributed by atoms with Crippen LogP contribution in [0, 0.1) is 18.6 Å². The minimum absolute atomic E-state index is 0.0351. The van der Waals surface area contributed by atoms with Crippen molar-refractivity contribution in [2.45, 2.75) is 103 Å². The van der Waals surface area contributed by atoms with Crippen LogP contribution in [0.25, 0.3) is 0 Å². The van der Waals surface area contributed by atoms with Gasteiger partial charge in [-0.25, -0.2) is 8.78 Å². The van der Waals surface area contributed by atoms with E-state index >= 15 is 0 Å². The van der Waals surface area contributed by atoms with Crippen molar-refractivity contribution < 1.29 is 27.3 Å². The maximum absolute atomic E-state index is 15.0. The summed E-state index contributed by atoms with van der Waals surface area (Å²) in [5.74, 6) is -1.19. The molecule has 1 atom stereocenters. The predicted octanol–water partition coefficient (Wildman–Crippen LogP) is 7.61. The van der Waals surface area contributed by atoms with Crippen LogP contribution in [-0.4, -0.2) is 73.5 Å². The Morgan fingerprint density at radius 2 is 1.61 bits per heavy atom. The zero-order valence-corrected chi connectivity index (χ0v) is 32.3. The number of hydrogen-bond acceptors (Lipinski definition) is 6. The zero-order valence-electron chi connectivity index (χ0n) is 31.5. The molecule has 1 aromatic heterocycles. The number of benzene rings is 1. The minimum atomic E-state index is -3.35. The molecule has 2 aromatic rings. The molecule has 2 heterocycles. The Kier molecular flexibility index (Phi) is 17.5. The van der Waals surface area contributed by atoms with Crippen molar-refractivity contribution in [1.29, 1.82) is 0 Å². The third-order valence-electron chi connectivity index (χ3n) is 9.12. The summed E-state index contributed by atoms with van der Waals surface area (Å²) in [4.78, 5) is 33.5. The van der Waals surface area contributed by atoms with Gasteiger partial charge in [-0.1, -0.05) is 71.4 Å². The first-order valence-electron chi connectivity index (χ1n) is 18.1. The Labute approximate surface area is 304 Å². The molecule has 0 bridgehead atoms. The molecule has 2 amide bonds. The van der Waals surface area contributed by atoms with E-state index in [4.69, 9.17) is 10.5 Å². The fourth-order valence-corrected chi connectivity index (χ4v) is 10.7. The maximum atomic E-state index is 15.0. The predicted molar refractivity (Wildman–Crippen MR) is 206 cm³/mol. The molecular formula is C40H60F2N4O4S. The number of halogens is 2. The quantitative estimate of drug-likeness (QED) is 0.172. The number of amides is 2. The highest BCUT2D eigenvalue weighted by Crippen LogP contribution is 2.49. The lowest BCUT2D eigenvalue weighted by molar-refractivity contribution is -0.134. The second-order valence-electron chi connectivity index (χ2n) is 13.3. The molecule has 2 aliphatic rings. The number of allylic oxidation sites excluding steroid dienone is 3. The van der Waals surface area contributed by atoms with E-state index in [-0.39, 0.29) is 34.7 Å². The zero-order chi connectivity index (χ0) is 38.1. The van der Waals surface area contributed by atoms with Gasteiger partial charge in [-0.2, -0.15) is 0 Å². The van der Waals surface area contributed by atoms with E-state index < -0.39 is 32.3 Å². The number of aryl methyl sites for hydroxylation is 1.